The number of nitrogens with zero attached hydrogens (tertiary/aromatic N) is 3. The first-order valence-corrected chi connectivity index (χ1v) is 26.6. The van der Waals surface area contributed by atoms with Crippen LogP contribution in [0.1, 0.15) is 106 Å². The van der Waals surface area contributed by atoms with E-state index in [-0.39, 0.29) is 62.4 Å². The molecule has 1 aliphatic carbocycles. The monoisotopic (exact) mass is 1050 g/mol. The Hall–Kier alpha value is -3.28. The topological polar surface area (TPSA) is 242 Å². The maximum absolute atomic E-state index is 15.3. The molecule has 1 saturated carbocycles. The molecule has 4 fully saturated rings. The summed E-state index contributed by atoms with van der Waals surface area (Å²) in [4.78, 5) is 35.9. The summed E-state index contributed by atoms with van der Waals surface area (Å²) in [6.07, 6.45) is -5.61. The van der Waals surface area contributed by atoms with Gasteiger partial charge in [0.25, 0.3) is 0 Å². The Labute approximate surface area is 437 Å². The number of halogens is 1. The van der Waals surface area contributed by atoms with Crippen LogP contribution in [0.15, 0.2) is 42.7 Å². The predicted octanol–water partition coefficient (Wildman–Crippen LogP) is 3.58. The molecule has 2 aromatic rings. The van der Waals surface area contributed by atoms with Crippen molar-refractivity contribution >= 4 is 11.9 Å². The number of hydrogen-bond donors (Lipinski definition) is 7. The van der Waals surface area contributed by atoms with Gasteiger partial charge in [-0.05, 0) is 130 Å². The SMILES string of the molecule is CC[C@H]1OC(=O)[C@H](C)[C@@H](O[C@H]2C[C@@](C)(OC)[C@@H](O)[C@H](C)O2)C[C@@H](O[C@@H]2O[C@H](C)CC(N(C)C[C@H]3C[C@@H]3C(=O)N[C@@H](CO)Cc3ccc(-c4cccnc4)cc3F)[C@H]2O)[C@](C)(O)C[C@@H](C)CN(C)[C@H](C)[C@@H](O)[C@]1(C)O. The van der Waals surface area contributed by atoms with Crippen molar-refractivity contribution in [2.24, 2.45) is 23.7 Å². The number of methoxy groups -OCH3 is 1. The molecule has 0 bridgehead atoms. The van der Waals surface area contributed by atoms with Gasteiger partial charge < -0.3 is 74.2 Å². The second kappa shape index (κ2) is 25.0. The van der Waals surface area contributed by atoms with Gasteiger partial charge in [0, 0.05) is 69.0 Å². The third-order valence-electron chi connectivity index (χ3n) is 16.6. The molecule has 6 rings (SSSR count). The first-order chi connectivity index (χ1) is 34.7. The lowest BCUT2D eigenvalue weighted by atomic mass is 9.83. The van der Waals surface area contributed by atoms with Crippen molar-refractivity contribution in [1.82, 2.24) is 20.1 Å². The largest absolute Gasteiger partial charge is 0.459 e. The lowest BCUT2D eigenvalue weighted by molar-refractivity contribution is -0.308. The number of carbonyl (C=O) groups excluding carboxylic acids is 2. The summed E-state index contributed by atoms with van der Waals surface area (Å²) < 4.78 is 53.1. The number of benzene rings is 1. The molecule has 0 spiro atoms. The summed E-state index contributed by atoms with van der Waals surface area (Å²) in [6.45, 7) is 16.0. The van der Waals surface area contributed by atoms with Crippen molar-refractivity contribution < 1.29 is 73.0 Å². The van der Waals surface area contributed by atoms with E-state index >= 15 is 4.39 Å². The second-order valence-electron chi connectivity index (χ2n) is 22.9. The van der Waals surface area contributed by atoms with Crippen molar-refractivity contribution in [3.8, 4) is 11.1 Å². The van der Waals surface area contributed by atoms with Crippen LogP contribution in [0.25, 0.3) is 11.1 Å². The van der Waals surface area contributed by atoms with Crippen molar-refractivity contribution in [3.05, 3.63) is 54.1 Å². The number of likely N-dealkylation sites (N-methyl/N-ethyl adjacent to an activating group) is 2. The zero-order chi connectivity index (χ0) is 54.6. The van der Waals surface area contributed by atoms with Gasteiger partial charge in [-0.2, -0.15) is 0 Å². The molecule has 1 aromatic carbocycles. The first-order valence-electron chi connectivity index (χ1n) is 26.6. The van der Waals surface area contributed by atoms with Gasteiger partial charge in [0.2, 0.25) is 5.91 Å². The van der Waals surface area contributed by atoms with Gasteiger partial charge in [0.1, 0.15) is 35.8 Å². The average Bonchev–Trinajstić information content (AvgIpc) is 4.13. The minimum atomic E-state index is -1.85. The number of cyclic esters (lactones) is 1. The third kappa shape index (κ3) is 14.2. The Kier molecular flexibility index (Phi) is 20.3. The first kappa shape index (κ1) is 60.0. The predicted molar refractivity (Wildman–Crippen MR) is 273 cm³/mol. The van der Waals surface area contributed by atoms with E-state index in [1.807, 2.05) is 43.8 Å². The molecular weight excluding hydrogens is 960 g/mol. The molecule has 418 valence electrons. The van der Waals surface area contributed by atoms with Gasteiger partial charge >= 0.3 is 5.97 Å². The van der Waals surface area contributed by atoms with Crippen LogP contribution in [0.5, 0.6) is 0 Å². The van der Waals surface area contributed by atoms with Crippen molar-refractivity contribution in [3.63, 3.8) is 0 Å². The zero-order valence-electron chi connectivity index (χ0n) is 45.6. The van der Waals surface area contributed by atoms with E-state index in [1.54, 1.807) is 72.1 Å². The molecule has 74 heavy (non-hydrogen) atoms. The van der Waals surface area contributed by atoms with Gasteiger partial charge in [0.15, 0.2) is 12.6 Å². The van der Waals surface area contributed by atoms with Crippen LogP contribution in [-0.2, 0) is 44.4 Å². The van der Waals surface area contributed by atoms with Crippen molar-refractivity contribution in [1.29, 1.82) is 0 Å². The van der Waals surface area contributed by atoms with Crippen molar-refractivity contribution in [2.45, 2.75) is 204 Å². The number of amides is 1. The van der Waals surface area contributed by atoms with E-state index in [2.05, 4.69) is 10.3 Å². The van der Waals surface area contributed by atoms with Crippen LogP contribution in [0.3, 0.4) is 0 Å². The fraction of sp³-hybridized carbons (Fsp3) is 0.764. The molecule has 20 atom stereocenters. The highest BCUT2D eigenvalue weighted by atomic mass is 19.1. The molecule has 1 amide bonds. The van der Waals surface area contributed by atoms with Crippen LogP contribution < -0.4 is 5.32 Å². The van der Waals surface area contributed by atoms with E-state index in [1.165, 1.54) is 20.1 Å². The van der Waals surface area contributed by atoms with Crippen LogP contribution in [0.2, 0.25) is 0 Å². The zero-order valence-corrected chi connectivity index (χ0v) is 45.6. The number of pyridine rings is 1. The van der Waals surface area contributed by atoms with Crippen LogP contribution in [0, 0.1) is 29.5 Å². The molecule has 7 N–H and O–H groups in total. The standard InChI is InChI=1S/C55H87FN4O14/c1-13-44-55(9,68)48(63)33(5)59(10)27-30(2)24-53(7,67)45(23-43(32(4)51(66)73-44)72-46-25-54(8,69-12)49(64)34(6)71-46)74-52-47(62)42(19-31(3)70-52)60(11)28-38-21-40(38)50(65)58-39(29-61)20-36-17-16-35(22-41(36)56)37-15-14-18-57-26-37/h14-18,22,26,30-34,38-40,42-49,52,61-64,67-68H,13,19-21,23-25,27-29H2,1-12H3,(H,58,65)/t30-,31-,32-,33-,34+,38-,39-,40+,42?,43+,44-,45-,46+,47-,48-,49+,52+,53-,54-,55-/m1/s1. The fourth-order valence-electron chi connectivity index (χ4n) is 11.5. The summed E-state index contributed by atoms with van der Waals surface area (Å²) in [5.74, 6) is -3.12. The number of aliphatic hydroxyl groups is 6. The number of nitrogens with one attached hydrogen (secondary N) is 1. The van der Waals surface area contributed by atoms with Crippen LogP contribution in [0.4, 0.5) is 4.39 Å². The molecule has 0 radical (unpaired) electrons. The third-order valence-corrected chi connectivity index (χ3v) is 16.6. The van der Waals surface area contributed by atoms with E-state index in [4.69, 9.17) is 28.4 Å². The lowest BCUT2D eigenvalue weighted by Crippen LogP contribution is -2.59. The molecule has 4 aliphatic rings. The minimum Gasteiger partial charge on any atom is -0.459 e. The summed E-state index contributed by atoms with van der Waals surface area (Å²) in [7, 11) is 5.17. The summed E-state index contributed by atoms with van der Waals surface area (Å²) >= 11 is 0. The number of ether oxygens (including phenoxy) is 6. The molecule has 18 nitrogen and oxygen atoms in total. The van der Waals surface area contributed by atoms with E-state index in [0.717, 1.165) is 5.56 Å². The Morgan fingerprint density at radius 3 is 2.35 bits per heavy atom. The summed E-state index contributed by atoms with van der Waals surface area (Å²) in [6, 6.07) is 6.69. The van der Waals surface area contributed by atoms with E-state index in [0.29, 0.717) is 37.1 Å². The Morgan fingerprint density at radius 1 is 1.00 bits per heavy atom. The molecule has 19 heteroatoms. The van der Waals surface area contributed by atoms with Gasteiger partial charge in [-0.25, -0.2) is 4.39 Å². The quantitative estimate of drug-likeness (QED) is 0.126. The molecule has 3 saturated heterocycles. The van der Waals surface area contributed by atoms with Gasteiger partial charge in [0.05, 0.1) is 54.2 Å². The van der Waals surface area contributed by atoms with E-state index in [9.17, 15) is 40.2 Å². The molecule has 4 heterocycles. The Balaban J connectivity index is 1.20. The Bertz CT molecular complexity index is 2140. The maximum atomic E-state index is 15.3. The highest BCUT2D eigenvalue weighted by molar-refractivity contribution is 5.82. The van der Waals surface area contributed by atoms with Crippen molar-refractivity contribution in [2.75, 3.05) is 40.9 Å². The average molecular weight is 1050 g/mol. The summed E-state index contributed by atoms with van der Waals surface area (Å²) in [5, 5.41) is 72.6. The number of rotatable bonds is 15. The molecule has 1 aromatic heterocycles. The smallest absolute Gasteiger partial charge is 0.311 e. The normalized spacial score (nSPS) is 40.4. The number of hydrogen-bond acceptors (Lipinski definition) is 17. The fourth-order valence-corrected chi connectivity index (χ4v) is 11.5. The number of carbonyl (C=O) groups is 2. The number of aliphatic hydroxyl groups excluding tert-OH is 4. The second-order valence-corrected chi connectivity index (χ2v) is 22.9. The van der Waals surface area contributed by atoms with E-state index < -0.39 is 114 Å². The summed E-state index contributed by atoms with van der Waals surface area (Å²) in [5.41, 5.74) is -2.77. The molecule has 3 aliphatic heterocycles. The van der Waals surface area contributed by atoms with Gasteiger partial charge in [-0.1, -0.05) is 32.0 Å². The molecular formula is C55H87FN4O14. The Morgan fingerprint density at radius 2 is 1.72 bits per heavy atom. The van der Waals surface area contributed by atoms with Gasteiger partial charge in [-0.15, -0.1) is 0 Å². The molecule has 1 unspecified atom stereocenters. The number of aromatic nitrogens is 1. The van der Waals surface area contributed by atoms with Gasteiger partial charge in [-0.3, -0.25) is 14.6 Å². The number of esters is 1. The highest BCUT2D eigenvalue weighted by Gasteiger charge is 2.52. The van der Waals surface area contributed by atoms with Crippen LogP contribution >= 0.6 is 0 Å². The minimum absolute atomic E-state index is 0.0616. The van der Waals surface area contributed by atoms with Crippen LogP contribution in [-0.4, -0.2) is 195 Å². The highest BCUT2D eigenvalue weighted by Crippen LogP contribution is 2.42. The maximum Gasteiger partial charge on any atom is 0.311 e. The lowest BCUT2D eigenvalue weighted by Gasteiger charge is -2.47.